The highest BCUT2D eigenvalue weighted by Gasteiger charge is 2.60. The number of rotatable bonds is 2. The van der Waals surface area contributed by atoms with Gasteiger partial charge in [-0.3, -0.25) is 4.79 Å². The SMILES string of the molecule is CC1(C(=O)C2(C)CO2)CO1. The van der Waals surface area contributed by atoms with Gasteiger partial charge in [0.15, 0.2) is 5.78 Å². The highest BCUT2D eigenvalue weighted by Crippen LogP contribution is 2.38. The first kappa shape index (κ1) is 6.31. The zero-order valence-corrected chi connectivity index (χ0v) is 6.14. The number of epoxide rings is 2. The van der Waals surface area contributed by atoms with Gasteiger partial charge >= 0.3 is 0 Å². The minimum atomic E-state index is -0.509. The molecule has 2 heterocycles. The fourth-order valence-electron chi connectivity index (χ4n) is 1.04. The van der Waals surface area contributed by atoms with Crippen molar-refractivity contribution in [3.05, 3.63) is 0 Å². The van der Waals surface area contributed by atoms with Gasteiger partial charge in [-0.1, -0.05) is 0 Å². The molecule has 0 aliphatic carbocycles. The van der Waals surface area contributed by atoms with Crippen LogP contribution in [0.3, 0.4) is 0 Å². The molecule has 3 nitrogen and oxygen atoms in total. The van der Waals surface area contributed by atoms with E-state index >= 15 is 0 Å². The Morgan fingerprint density at radius 3 is 1.70 bits per heavy atom. The lowest BCUT2D eigenvalue weighted by Gasteiger charge is -2.05. The van der Waals surface area contributed by atoms with Crippen molar-refractivity contribution in [2.75, 3.05) is 13.2 Å². The molecule has 0 saturated carbocycles. The molecule has 3 heteroatoms. The van der Waals surface area contributed by atoms with Crippen LogP contribution in [0.15, 0.2) is 0 Å². The Hall–Kier alpha value is -0.410. The van der Waals surface area contributed by atoms with Crippen molar-refractivity contribution >= 4 is 5.78 Å². The van der Waals surface area contributed by atoms with E-state index in [9.17, 15) is 4.79 Å². The third-order valence-corrected chi connectivity index (χ3v) is 2.12. The summed E-state index contributed by atoms with van der Waals surface area (Å²) in [4.78, 5) is 11.4. The van der Waals surface area contributed by atoms with E-state index in [0.717, 1.165) is 0 Å². The van der Waals surface area contributed by atoms with E-state index in [1.807, 2.05) is 13.8 Å². The van der Waals surface area contributed by atoms with Crippen molar-refractivity contribution in [1.82, 2.24) is 0 Å². The van der Waals surface area contributed by atoms with E-state index in [-0.39, 0.29) is 5.78 Å². The Bertz CT molecular complexity index is 169. The summed E-state index contributed by atoms with van der Waals surface area (Å²) in [7, 11) is 0. The third kappa shape index (κ3) is 0.707. The minimum absolute atomic E-state index is 0.0972. The van der Waals surface area contributed by atoms with Crippen molar-refractivity contribution < 1.29 is 14.3 Å². The lowest BCUT2D eigenvalue weighted by atomic mass is 9.97. The molecule has 0 radical (unpaired) electrons. The Kier molecular flexibility index (Phi) is 0.904. The number of ether oxygens (including phenoxy) is 2. The summed E-state index contributed by atoms with van der Waals surface area (Å²) in [6, 6.07) is 0. The summed E-state index contributed by atoms with van der Waals surface area (Å²) in [5.41, 5.74) is -1.02. The van der Waals surface area contributed by atoms with Gasteiger partial charge in [-0.05, 0) is 13.8 Å². The molecule has 0 aromatic heterocycles. The summed E-state index contributed by atoms with van der Waals surface area (Å²) in [5, 5.41) is 0. The molecule has 0 spiro atoms. The van der Waals surface area contributed by atoms with E-state index in [2.05, 4.69) is 0 Å². The molecule has 2 saturated heterocycles. The van der Waals surface area contributed by atoms with E-state index in [0.29, 0.717) is 13.2 Å². The lowest BCUT2D eigenvalue weighted by Crippen LogP contribution is -2.33. The summed E-state index contributed by atoms with van der Waals surface area (Å²) < 4.78 is 9.99. The molecule has 2 aliphatic rings. The zero-order chi connectivity index (χ0) is 7.41. The number of ketones is 1. The molecule has 56 valence electrons. The Morgan fingerprint density at radius 1 is 1.20 bits per heavy atom. The van der Waals surface area contributed by atoms with Gasteiger partial charge in [0.05, 0.1) is 13.2 Å². The summed E-state index contributed by atoms with van der Waals surface area (Å²) >= 11 is 0. The molecular formula is C7H10O3. The van der Waals surface area contributed by atoms with Crippen molar-refractivity contribution in [2.24, 2.45) is 0 Å². The average molecular weight is 142 g/mol. The quantitative estimate of drug-likeness (QED) is 0.515. The zero-order valence-electron chi connectivity index (χ0n) is 6.14. The van der Waals surface area contributed by atoms with Gasteiger partial charge in [0.25, 0.3) is 0 Å². The second-order valence-electron chi connectivity index (χ2n) is 3.37. The summed E-state index contributed by atoms with van der Waals surface area (Å²) in [6.07, 6.45) is 0. The molecule has 0 bridgehead atoms. The highest BCUT2D eigenvalue weighted by atomic mass is 16.6. The van der Waals surface area contributed by atoms with Crippen molar-refractivity contribution in [3.8, 4) is 0 Å². The molecule has 2 aliphatic heterocycles. The number of carbonyl (C=O) groups is 1. The van der Waals surface area contributed by atoms with Gasteiger partial charge < -0.3 is 9.47 Å². The molecule has 2 atom stereocenters. The molecule has 0 amide bonds. The van der Waals surface area contributed by atoms with Crippen molar-refractivity contribution in [2.45, 2.75) is 25.0 Å². The van der Waals surface area contributed by atoms with E-state index < -0.39 is 11.2 Å². The first-order valence-electron chi connectivity index (χ1n) is 3.40. The van der Waals surface area contributed by atoms with Crippen LogP contribution >= 0.6 is 0 Å². The fourth-order valence-corrected chi connectivity index (χ4v) is 1.04. The lowest BCUT2D eigenvalue weighted by molar-refractivity contribution is -0.128. The van der Waals surface area contributed by atoms with E-state index in [4.69, 9.17) is 9.47 Å². The number of carbonyl (C=O) groups excluding carboxylic acids is 1. The number of hydrogen-bond donors (Lipinski definition) is 0. The Labute approximate surface area is 59.3 Å². The van der Waals surface area contributed by atoms with E-state index in [1.54, 1.807) is 0 Å². The first-order chi connectivity index (χ1) is 4.57. The van der Waals surface area contributed by atoms with Gasteiger partial charge in [-0.15, -0.1) is 0 Å². The maximum absolute atomic E-state index is 11.4. The minimum Gasteiger partial charge on any atom is -0.361 e. The molecule has 10 heavy (non-hydrogen) atoms. The van der Waals surface area contributed by atoms with Crippen LogP contribution < -0.4 is 0 Å². The predicted molar refractivity (Wildman–Crippen MR) is 33.7 cm³/mol. The van der Waals surface area contributed by atoms with Crippen LogP contribution in [0.4, 0.5) is 0 Å². The van der Waals surface area contributed by atoms with Gasteiger partial charge in [-0.2, -0.15) is 0 Å². The van der Waals surface area contributed by atoms with Gasteiger partial charge in [0.2, 0.25) is 0 Å². The second-order valence-corrected chi connectivity index (χ2v) is 3.37. The standard InChI is InChI=1S/C7H10O3/c1-6(3-9-6)5(8)7(2)4-10-7/h3-4H2,1-2H3. The largest absolute Gasteiger partial charge is 0.361 e. The topological polar surface area (TPSA) is 42.1 Å². The van der Waals surface area contributed by atoms with Crippen LogP contribution in [0.25, 0.3) is 0 Å². The smallest absolute Gasteiger partial charge is 0.200 e. The van der Waals surface area contributed by atoms with Crippen LogP contribution in [0.2, 0.25) is 0 Å². The van der Waals surface area contributed by atoms with Gasteiger partial charge in [-0.25, -0.2) is 0 Å². The molecule has 2 rings (SSSR count). The number of hydrogen-bond acceptors (Lipinski definition) is 3. The second kappa shape index (κ2) is 1.43. The molecular weight excluding hydrogens is 132 g/mol. The van der Waals surface area contributed by atoms with Crippen LogP contribution in [0.5, 0.6) is 0 Å². The van der Waals surface area contributed by atoms with E-state index in [1.165, 1.54) is 0 Å². The van der Waals surface area contributed by atoms with Crippen LogP contribution in [0.1, 0.15) is 13.8 Å². The van der Waals surface area contributed by atoms with Crippen molar-refractivity contribution in [3.63, 3.8) is 0 Å². The highest BCUT2D eigenvalue weighted by molar-refractivity contribution is 5.98. The maximum atomic E-state index is 11.4. The first-order valence-corrected chi connectivity index (χ1v) is 3.40. The predicted octanol–water partition coefficient (Wildman–Crippen LogP) is 0.133. The number of Topliss-reactive ketones (excluding diaryl/α,β-unsaturated/α-hetero) is 1. The Balaban J connectivity index is 2.12. The van der Waals surface area contributed by atoms with Crippen molar-refractivity contribution in [1.29, 1.82) is 0 Å². The van der Waals surface area contributed by atoms with Crippen LogP contribution in [0, 0.1) is 0 Å². The van der Waals surface area contributed by atoms with Crippen LogP contribution in [-0.4, -0.2) is 30.2 Å². The monoisotopic (exact) mass is 142 g/mol. The van der Waals surface area contributed by atoms with Gasteiger partial charge in [0.1, 0.15) is 11.2 Å². The summed E-state index contributed by atoms with van der Waals surface area (Å²) in [5.74, 6) is 0.0972. The molecule has 0 N–H and O–H groups in total. The van der Waals surface area contributed by atoms with Gasteiger partial charge in [0, 0.05) is 0 Å². The summed E-state index contributed by atoms with van der Waals surface area (Å²) in [6.45, 7) is 4.74. The molecule has 0 aromatic carbocycles. The molecule has 2 fully saturated rings. The third-order valence-electron chi connectivity index (χ3n) is 2.12. The normalized spacial score (nSPS) is 50.6. The maximum Gasteiger partial charge on any atom is 0.200 e. The fraction of sp³-hybridized carbons (Fsp3) is 0.857. The molecule has 2 unspecified atom stereocenters. The average Bonchev–Trinajstić information content (AvgIpc) is 2.73. The Morgan fingerprint density at radius 2 is 1.50 bits per heavy atom. The molecule has 0 aromatic rings. The van der Waals surface area contributed by atoms with Crippen LogP contribution in [-0.2, 0) is 14.3 Å².